The number of hydrogen-bond acceptors (Lipinski definition) is 2. The number of likely N-dealkylation sites (tertiary alicyclic amines) is 1. The summed E-state index contributed by atoms with van der Waals surface area (Å²) in [6.45, 7) is 4.31. The van der Waals surface area contributed by atoms with Gasteiger partial charge in [0.25, 0.3) is 0 Å². The Morgan fingerprint density at radius 1 is 0.966 bits per heavy atom. The molecule has 4 heteroatoms. The van der Waals surface area contributed by atoms with Crippen molar-refractivity contribution in [1.29, 1.82) is 5.26 Å². The Kier molecular flexibility index (Phi) is 11.4. The number of rotatable bonds is 12. The molecule has 3 nitrogen and oxygen atoms in total. The minimum Gasteiger partial charge on any atom is -0.360 e. The first-order valence-electron chi connectivity index (χ1n) is 11.8. The van der Waals surface area contributed by atoms with Gasteiger partial charge in [0, 0.05) is 19.5 Å². The molecule has 2 rings (SSSR count). The Balaban J connectivity index is 1.80. The molecule has 0 aromatic heterocycles. The lowest BCUT2D eigenvalue weighted by molar-refractivity contribution is 0.395. The van der Waals surface area contributed by atoms with Gasteiger partial charge >= 0.3 is 0 Å². The molecular formula is C25H38FN3. The van der Waals surface area contributed by atoms with E-state index < -0.39 is 5.82 Å². The van der Waals surface area contributed by atoms with Crippen LogP contribution in [0.15, 0.2) is 23.2 Å². The maximum Gasteiger partial charge on any atom is 0.143 e. The van der Waals surface area contributed by atoms with Gasteiger partial charge in [0.1, 0.15) is 23.3 Å². The van der Waals surface area contributed by atoms with E-state index in [9.17, 15) is 9.65 Å². The molecule has 0 spiro atoms. The number of benzene rings is 1. The van der Waals surface area contributed by atoms with Crippen molar-refractivity contribution >= 4 is 11.5 Å². The van der Waals surface area contributed by atoms with Crippen molar-refractivity contribution in [2.75, 3.05) is 13.1 Å². The van der Waals surface area contributed by atoms with E-state index in [-0.39, 0.29) is 5.56 Å². The van der Waals surface area contributed by atoms with Crippen LogP contribution in [0.4, 0.5) is 10.1 Å². The number of nitrogens with zero attached hydrogens (tertiary/aromatic N) is 3. The summed E-state index contributed by atoms with van der Waals surface area (Å²) in [5.41, 5.74) is 0.528. The predicted molar refractivity (Wildman–Crippen MR) is 120 cm³/mol. The van der Waals surface area contributed by atoms with Crippen molar-refractivity contribution in [2.45, 2.75) is 96.8 Å². The molecule has 0 bridgehead atoms. The van der Waals surface area contributed by atoms with Crippen molar-refractivity contribution in [3.05, 3.63) is 29.6 Å². The van der Waals surface area contributed by atoms with Crippen LogP contribution in [0.1, 0.15) is 102 Å². The normalized spacial score (nSPS) is 16.0. The van der Waals surface area contributed by atoms with Crippen molar-refractivity contribution < 1.29 is 4.39 Å². The molecule has 0 amide bonds. The third kappa shape index (κ3) is 8.56. The van der Waals surface area contributed by atoms with Gasteiger partial charge in [-0.1, -0.05) is 77.2 Å². The van der Waals surface area contributed by atoms with Gasteiger partial charge in [0.15, 0.2) is 0 Å². The Bertz CT molecular complexity index is 663. The summed E-state index contributed by atoms with van der Waals surface area (Å²) in [5, 5.41) is 9.28. The molecule has 1 fully saturated rings. The summed E-state index contributed by atoms with van der Waals surface area (Å²) in [6.07, 6.45) is 17.8. The molecule has 0 atom stereocenters. The Morgan fingerprint density at radius 3 is 2.34 bits per heavy atom. The second-order valence-electron chi connectivity index (χ2n) is 8.25. The van der Waals surface area contributed by atoms with E-state index in [4.69, 9.17) is 4.99 Å². The zero-order valence-electron chi connectivity index (χ0n) is 18.3. The van der Waals surface area contributed by atoms with E-state index >= 15 is 0 Å². The highest BCUT2D eigenvalue weighted by molar-refractivity contribution is 5.85. The summed E-state index contributed by atoms with van der Waals surface area (Å²) in [4.78, 5) is 7.11. The van der Waals surface area contributed by atoms with Crippen molar-refractivity contribution in [3.8, 4) is 6.07 Å². The van der Waals surface area contributed by atoms with Crippen LogP contribution in [0.5, 0.6) is 0 Å². The maximum atomic E-state index is 13.9. The molecule has 0 saturated carbocycles. The van der Waals surface area contributed by atoms with E-state index in [1.54, 1.807) is 12.1 Å². The topological polar surface area (TPSA) is 39.4 Å². The van der Waals surface area contributed by atoms with Crippen LogP contribution in [-0.4, -0.2) is 23.8 Å². The number of hydrogen-bond donors (Lipinski definition) is 0. The zero-order valence-corrected chi connectivity index (χ0v) is 18.3. The molecule has 1 heterocycles. The van der Waals surface area contributed by atoms with Gasteiger partial charge in [0.2, 0.25) is 0 Å². The fraction of sp³-hybridized carbons (Fsp3) is 0.680. The summed E-state index contributed by atoms with van der Waals surface area (Å²) < 4.78 is 13.9. The number of amidine groups is 1. The zero-order chi connectivity index (χ0) is 20.7. The third-order valence-corrected chi connectivity index (χ3v) is 5.83. The molecule has 1 aliphatic rings. The van der Waals surface area contributed by atoms with Crippen molar-refractivity contribution in [1.82, 2.24) is 4.90 Å². The molecule has 1 aromatic carbocycles. The van der Waals surface area contributed by atoms with Crippen LogP contribution < -0.4 is 0 Å². The number of unbranched alkanes of at least 4 members (excludes halogenated alkanes) is 9. The molecule has 29 heavy (non-hydrogen) atoms. The lowest BCUT2D eigenvalue weighted by Crippen LogP contribution is -2.31. The summed E-state index contributed by atoms with van der Waals surface area (Å²) in [6, 6.07) is 6.69. The van der Waals surface area contributed by atoms with Gasteiger partial charge in [-0.15, -0.1) is 0 Å². The molecule has 0 radical (unpaired) electrons. The number of aliphatic imine (C=N–C) groups is 1. The van der Waals surface area contributed by atoms with Crippen molar-refractivity contribution in [2.24, 2.45) is 4.99 Å². The molecule has 0 aliphatic carbocycles. The molecule has 0 unspecified atom stereocenters. The van der Waals surface area contributed by atoms with Gasteiger partial charge in [-0.05, 0) is 31.4 Å². The Morgan fingerprint density at radius 2 is 1.66 bits per heavy atom. The van der Waals surface area contributed by atoms with Gasteiger partial charge < -0.3 is 4.90 Å². The van der Waals surface area contributed by atoms with E-state index in [1.165, 1.54) is 83.1 Å². The van der Waals surface area contributed by atoms with Gasteiger partial charge in [-0.25, -0.2) is 9.38 Å². The first-order chi connectivity index (χ1) is 14.3. The van der Waals surface area contributed by atoms with Crippen LogP contribution >= 0.6 is 0 Å². The summed E-state index contributed by atoms with van der Waals surface area (Å²) in [7, 11) is 0. The van der Waals surface area contributed by atoms with Crippen LogP contribution in [-0.2, 0) is 0 Å². The fourth-order valence-electron chi connectivity index (χ4n) is 4.06. The third-order valence-electron chi connectivity index (χ3n) is 5.83. The Labute approximate surface area is 177 Å². The quantitative estimate of drug-likeness (QED) is 0.341. The number of nitriles is 1. The minimum atomic E-state index is -0.482. The highest BCUT2D eigenvalue weighted by atomic mass is 19.1. The monoisotopic (exact) mass is 399 g/mol. The summed E-state index contributed by atoms with van der Waals surface area (Å²) >= 11 is 0. The number of halogens is 1. The minimum absolute atomic E-state index is 0.0585. The van der Waals surface area contributed by atoms with E-state index in [2.05, 4.69) is 11.8 Å². The highest BCUT2D eigenvalue weighted by Crippen LogP contribution is 2.24. The molecule has 1 aliphatic heterocycles. The second kappa shape index (κ2) is 14.1. The van der Waals surface area contributed by atoms with Crippen LogP contribution in [0.25, 0.3) is 0 Å². The SMILES string of the molecule is CCCCCCCCCCCCN1CCCCCC1=Nc1cccc(F)c1C#N. The largest absolute Gasteiger partial charge is 0.360 e. The molecular weight excluding hydrogens is 361 g/mol. The maximum absolute atomic E-state index is 13.9. The van der Waals surface area contributed by atoms with E-state index in [1.807, 2.05) is 6.07 Å². The first-order valence-corrected chi connectivity index (χ1v) is 11.8. The Hall–Kier alpha value is -1.89. The van der Waals surface area contributed by atoms with E-state index in [0.717, 1.165) is 31.8 Å². The van der Waals surface area contributed by atoms with Crippen LogP contribution in [0, 0.1) is 17.1 Å². The van der Waals surface area contributed by atoms with E-state index in [0.29, 0.717) is 5.69 Å². The molecule has 1 saturated heterocycles. The van der Waals surface area contributed by atoms with Gasteiger partial charge in [-0.2, -0.15) is 5.26 Å². The summed E-state index contributed by atoms with van der Waals surface area (Å²) in [5.74, 6) is 0.546. The second-order valence-corrected chi connectivity index (χ2v) is 8.25. The first kappa shape index (κ1) is 23.4. The standard InChI is InChI=1S/C25H38FN3/c1-2-3-4-5-6-7-8-9-10-13-19-29-20-14-11-12-18-25(29)28-24-17-15-16-23(26)22(24)21-27/h15-17H,2-14,18-20H2,1H3. The van der Waals surface area contributed by atoms with Crippen LogP contribution in [0.3, 0.4) is 0 Å². The molecule has 0 N–H and O–H groups in total. The fourth-order valence-corrected chi connectivity index (χ4v) is 4.06. The molecule has 1 aromatic rings. The average Bonchev–Trinajstić information content (AvgIpc) is 2.95. The lowest BCUT2D eigenvalue weighted by atomic mass is 10.1. The highest BCUT2D eigenvalue weighted by Gasteiger charge is 2.16. The lowest BCUT2D eigenvalue weighted by Gasteiger charge is -2.24. The average molecular weight is 400 g/mol. The van der Waals surface area contributed by atoms with Gasteiger partial charge in [-0.3, -0.25) is 0 Å². The predicted octanol–water partition coefficient (Wildman–Crippen LogP) is 7.52. The van der Waals surface area contributed by atoms with Crippen LogP contribution in [0.2, 0.25) is 0 Å². The molecule has 160 valence electrons. The smallest absolute Gasteiger partial charge is 0.143 e. The van der Waals surface area contributed by atoms with Gasteiger partial charge in [0.05, 0.1) is 5.69 Å². The van der Waals surface area contributed by atoms with Crippen molar-refractivity contribution in [3.63, 3.8) is 0 Å².